The van der Waals surface area contributed by atoms with Gasteiger partial charge in [0.2, 0.25) is 5.75 Å². The summed E-state index contributed by atoms with van der Waals surface area (Å²) < 4.78 is 34.9. The van der Waals surface area contributed by atoms with Crippen LogP contribution in [-0.2, 0) is 20.7 Å². The summed E-state index contributed by atoms with van der Waals surface area (Å²) >= 11 is 0. The predicted octanol–water partition coefficient (Wildman–Crippen LogP) is 2.61. The topological polar surface area (TPSA) is 95.7 Å². The Morgan fingerprint density at radius 3 is 2.62 bits per heavy atom. The first-order valence-corrected chi connectivity index (χ1v) is 8.67. The number of aryl methyl sites for hydroxylation is 1. The Morgan fingerprint density at radius 2 is 1.96 bits per heavy atom. The molecule has 3 rings (SSSR count). The molecule has 0 spiro atoms. The summed E-state index contributed by atoms with van der Waals surface area (Å²) in [5.41, 5.74) is 1.48. The third-order valence-corrected chi connectivity index (χ3v) is 5.02. The zero-order valence-corrected chi connectivity index (χ0v) is 13.7. The van der Waals surface area contributed by atoms with E-state index in [2.05, 4.69) is 0 Å². The molecule has 2 aromatic carbocycles. The van der Waals surface area contributed by atoms with Crippen molar-refractivity contribution in [3.8, 4) is 5.75 Å². The first-order chi connectivity index (χ1) is 11.4. The van der Waals surface area contributed by atoms with Crippen LogP contribution >= 0.6 is 0 Å². The SMILES string of the molecule is Cc1ccc(S(=O)(=O)OCC2Cc3cccc([N+](=O)[O-])c3O2)cc1. The smallest absolute Gasteiger partial charge is 0.311 e. The highest BCUT2D eigenvalue weighted by Crippen LogP contribution is 2.37. The Bertz CT molecular complexity index is 876. The van der Waals surface area contributed by atoms with E-state index in [9.17, 15) is 18.5 Å². The molecular formula is C16H15NO6S. The Morgan fingerprint density at radius 1 is 1.25 bits per heavy atom. The number of nitro groups is 1. The minimum Gasteiger partial charge on any atom is -0.480 e. The lowest BCUT2D eigenvalue weighted by Gasteiger charge is -2.11. The lowest BCUT2D eigenvalue weighted by Crippen LogP contribution is -2.23. The fraction of sp³-hybridized carbons (Fsp3) is 0.250. The van der Waals surface area contributed by atoms with Crippen LogP contribution in [0.5, 0.6) is 5.75 Å². The number of fused-ring (bicyclic) bond motifs is 1. The molecule has 1 aliphatic rings. The second-order valence-corrected chi connectivity index (χ2v) is 7.13. The molecule has 0 aliphatic carbocycles. The van der Waals surface area contributed by atoms with Gasteiger partial charge in [-0.25, -0.2) is 0 Å². The molecular weight excluding hydrogens is 334 g/mol. The van der Waals surface area contributed by atoms with Crippen molar-refractivity contribution in [2.45, 2.75) is 24.3 Å². The number of benzene rings is 2. The molecule has 1 heterocycles. The highest BCUT2D eigenvalue weighted by Gasteiger charge is 2.31. The van der Waals surface area contributed by atoms with Crippen molar-refractivity contribution in [3.63, 3.8) is 0 Å². The maximum Gasteiger partial charge on any atom is 0.311 e. The Hall–Kier alpha value is -2.45. The van der Waals surface area contributed by atoms with E-state index in [1.54, 1.807) is 24.3 Å². The van der Waals surface area contributed by atoms with E-state index in [1.165, 1.54) is 18.2 Å². The average molecular weight is 349 g/mol. The highest BCUT2D eigenvalue weighted by atomic mass is 32.2. The maximum atomic E-state index is 12.2. The summed E-state index contributed by atoms with van der Waals surface area (Å²) in [6.45, 7) is 1.65. The molecule has 2 aromatic rings. The summed E-state index contributed by atoms with van der Waals surface area (Å²) in [7, 11) is -3.89. The third kappa shape index (κ3) is 3.24. The Labute approximate surface area is 139 Å². The molecule has 1 unspecified atom stereocenters. The number of nitrogens with zero attached hydrogens (tertiary/aromatic N) is 1. The molecule has 7 nitrogen and oxygen atoms in total. The van der Waals surface area contributed by atoms with Crippen molar-refractivity contribution < 1.29 is 22.3 Å². The van der Waals surface area contributed by atoms with Crippen LogP contribution in [0.2, 0.25) is 0 Å². The second kappa shape index (κ2) is 6.21. The quantitative estimate of drug-likeness (QED) is 0.468. The van der Waals surface area contributed by atoms with Gasteiger partial charge in [-0.2, -0.15) is 8.42 Å². The van der Waals surface area contributed by atoms with Crippen LogP contribution in [0.3, 0.4) is 0 Å². The van der Waals surface area contributed by atoms with E-state index >= 15 is 0 Å². The van der Waals surface area contributed by atoms with E-state index in [1.807, 2.05) is 6.92 Å². The summed E-state index contributed by atoms with van der Waals surface area (Å²) in [6.07, 6.45) is -0.221. The van der Waals surface area contributed by atoms with E-state index in [0.29, 0.717) is 12.0 Å². The minimum atomic E-state index is -3.89. The van der Waals surface area contributed by atoms with Crippen LogP contribution in [0.4, 0.5) is 5.69 Å². The van der Waals surface area contributed by atoms with Crippen molar-refractivity contribution in [2.24, 2.45) is 0 Å². The zero-order valence-electron chi connectivity index (χ0n) is 12.8. The van der Waals surface area contributed by atoms with Gasteiger partial charge in [0, 0.05) is 18.1 Å². The van der Waals surface area contributed by atoms with Gasteiger partial charge in [-0.1, -0.05) is 29.8 Å². The van der Waals surface area contributed by atoms with Gasteiger partial charge in [-0.15, -0.1) is 0 Å². The van der Waals surface area contributed by atoms with Crippen LogP contribution < -0.4 is 4.74 Å². The summed E-state index contributed by atoms with van der Waals surface area (Å²) in [6, 6.07) is 11.0. The van der Waals surface area contributed by atoms with Gasteiger partial charge in [0.05, 0.1) is 9.82 Å². The standard InChI is InChI=1S/C16H15NO6S/c1-11-5-7-14(8-6-11)24(20,21)22-10-13-9-12-3-2-4-15(17(18)19)16(12)23-13/h2-8,13H,9-10H2,1H3. The monoisotopic (exact) mass is 349 g/mol. The number of nitro benzene ring substituents is 1. The van der Waals surface area contributed by atoms with Crippen molar-refractivity contribution >= 4 is 15.8 Å². The van der Waals surface area contributed by atoms with Crippen LogP contribution in [0, 0.1) is 17.0 Å². The lowest BCUT2D eigenvalue weighted by molar-refractivity contribution is -0.385. The largest absolute Gasteiger partial charge is 0.480 e. The normalized spacial score (nSPS) is 16.5. The van der Waals surface area contributed by atoms with Crippen LogP contribution in [0.15, 0.2) is 47.4 Å². The molecule has 1 atom stereocenters. The van der Waals surface area contributed by atoms with E-state index in [0.717, 1.165) is 5.56 Å². The second-order valence-electron chi connectivity index (χ2n) is 5.52. The fourth-order valence-corrected chi connectivity index (χ4v) is 3.43. The van der Waals surface area contributed by atoms with Gasteiger partial charge in [0.1, 0.15) is 12.7 Å². The number of ether oxygens (including phenoxy) is 1. The fourth-order valence-electron chi connectivity index (χ4n) is 2.50. The van der Waals surface area contributed by atoms with Gasteiger partial charge in [-0.05, 0) is 19.1 Å². The van der Waals surface area contributed by atoms with Gasteiger partial charge in [0.25, 0.3) is 10.1 Å². The number of para-hydroxylation sites is 1. The molecule has 0 radical (unpaired) electrons. The van der Waals surface area contributed by atoms with Crippen molar-refractivity contribution in [1.29, 1.82) is 0 Å². The van der Waals surface area contributed by atoms with Crippen LogP contribution in [0.1, 0.15) is 11.1 Å². The molecule has 0 bridgehead atoms. The number of hydrogen-bond acceptors (Lipinski definition) is 6. The predicted molar refractivity (Wildman–Crippen MR) is 85.5 cm³/mol. The Balaban J connectivity index is 1.69. The summed E-state index contributed by atoms with van der Waals surface area (Å²) in [5, 5.41) is 11.0. The van der Waals surface area contributed by atoms with E-state index in [4.69, 9.17) is 8.92 Å². The molecule has 0 amide bonds. The Kier molecular flexibility index (Phi) is 4.25. The third-order valence-electron chi connectivity index (χ3n) is 3.72. The molecule has 0 aromatic heterocycles. The van der Waals surface area contributed by atoms with Gasteiger partial charge >= 0.3 is 5.69 Å². The molecule has 8 heteroatoms. The zero-order chi connectivity index (χ0) is 17.3. The molecule has 0 saturated carbocycles. The highest BCUT2D eigenvalue weighted by molar-refractivity contribution is 7.86. The molecule has 0 fully saturated rings. The van der Waals surface area contributed by atoms with E-state index < -0.39 is 21.1 Å². The average Bonchev–Trinajstić information content (AvgIpc) is 2.96. The van der Waals surface area contributed by atoms with E-state index in [-0.39, 0.29) is 22.9 Å². The summed E-state index contributed by atoms with van der Waals surface area (Å²) in [5.74, 6) is 0.184. The molecule has 0 saturated heterocycles. The minimum absolute atomic E-state index is 0.0644. The van der Waals surface area contributed by atoms with Crippen molar-refractivity contribution in [3.05, 3.63) is 63.7 Å². The number of rotatable bonds is 5. The molecule has 1 aliphatic heterocycles. The van der Waals surface area contributed by atoms with Gasteiger partial charge in [-0.3, -0.25) is 14.3 Å². The van der Waals surface area contributed by atoms with Gasteiger partial charge in [0.15, 0.2) is 0 Å². The maximum absolute atomic E-state index is 12.2. The van der Waals surface area contributed by atoms with Crippen LogP contribution in [-0.4, -0.2) is 26.1 Å². The van der Waals surface area contributed by atoms with Crippen LogP contribution in [0.25, 0.3) is 0 Å². The molecule has 126 valence electrons. The lowest BCUT2D eigenvalue weighted by atomic mass is 10.1. The first-order valence-electron chi connectivity index (χ1n) is 7.26. The molecule has 0 N–H and O–H groups in total. The number of hydrogen-bond donors (Lipinski definition) is 0. The van der Waals surface area contributed by atoms with Gasteiger partial charge < -0.3 is 4.74 Å². The molecule has 24 heavy (non-hydrogen) atoms. The van der Waals surface area contributed by atoms with Crippen molar-refractivity contribution in [2.75, 3.05) is 6.61 Å². The first kappa shape index (κ1) is 16.4. The summed E-state index contributed by atoms with van der Waals surface area (Å²) in [4.78, 5) is 10.5. The van der Waals surface area contributed by atoms with Crippen molar-refractivity contribution in [1.82, 2.24) is 0 Å².